The van der Waals surface area contributed by atoms with Crippen molar-refractivity contribution in [3.05, 3.63) is 65.7 Å². The maximum Gasteiger partial charge on any atom is 0.253 e. The molecule has 2 aliphatic rings. The molecule has 0 radical (unpaired) electrons. The Balaban J connectivity index is 1.22. The quantitative estimate of drug-likeness (QED) is 0.720. The highest BCUT2D eigenvalue weighted by Crippen LogP contribution is 2.23. The van der Waals surface area contributed by atoms with Gasteiger partial charge in [-0.3, -0.25) is 14.5 Å². The van der Waals surface area contributed by atoms with Crippen LogP contribution < -0.4 is 4.74 Å². The number of amides is 2. The van der Waals surface area contributed by atoms with Crippen LogP contribution in [0.2, 0.25) is 0 Å². The summed E-state index contributed by atoms with van der Waals surface area (Å²) in [7, 11) is 1.61. The third kappa shape index (κ3) is 5.44. The van der Waals surface area contributed by atoms with E-state index in [0.29, 0.717) is 44.1 Å². The van der Waals surface area contributed by atoms with E-state index in [4.69, 9.17) is 4.74 Å². The van der Waals surface area contributed by atoms with E-state index in [1.54, 1.807) is 31.4 Å². The fraction of sp³-hybridized carbons (Fsp3) is 0.440. The van der Waals surface area contributed by atoms with Crippen molar-refractivity contribution in [3.8, 4) is 5.75 Å². The summed E-state index contributed by atoms with van der Waals surface area (Å²) in [5.41, 5.74) is 1.98. The molecule has 2 aromatic carbocycles. The summed E-state index contributed by atoms with van der Waals surface area (Å²) in [6.07, 6.45) is 1.69. The highest BCUT2D eigenvalue weighted by Gasteiger charge is 2.29. The van der Waals surface area contributed by atoms with Gasteiger partial charge < -0.3 is 14.5 Å². The molecule has 2 aromatic rings. The van der Waals surface area contributed by atoms with Crippen molar-refractivity contribution in [2.75, 3.05) is 46.4 Å². The number of likely N-dealkylation sites (tertiary alicyclic amines) is 1. The van der Waals surface area contributed by atoms with Gasteiger partial charge >= 0.3 is 0 Å². The Morgan fingerprint density at radius 3 is 2.26 bits per heavy atom. The van der Waals surface area contributed by atoms with Crippen LogP contribution in [0.4, 0.5) is 0 Å². The number of methoxy groups -OCH3 is 1. The summed E-state index contributed by atoms with van der Waals surface area (Å²) in [5, 5.41) is 0. The maximum atomic E-state index is 12.8. The zero-order valence-electron chi connectivity index (χ0n) is 18.2. The third-order valence-electron chi connectivity index (χ3n) is 6.34. The monoisotopic (exact) mass is 421 g/mol. The zero-order valence-corrected chi connectivity index (χ0v) is 18.2. The molecule has 4 rings (SSSR count). The van der Waals surface area contributed by atoms with Crippen molar-refractivity contribution in [3.63, 3.8) is 0 Å². The lowest BCUT2D eigenvalue weighted by Crippen LogP contribution is -2.50. The van der Waals surface area contributed by atoms with Crippen molar-refractivity contribution >= 4 is 11.8 Å². The molecule has 2 saturated heterocycles. The molecular formula is C25H31N3O3. The van der Waals surface area contributed by atoms with Crippen LogP contribution in [-0.2, 0) is 11.3 Å². The summed E-state index contributed by atoms with van der Waals surface area (Å²) in [6.45, 7) is 5.39. The first kappa shape index (κ1) is 21.4. The van der Waals surface area contributed by atoms with Crippen LogP contribution in [0.1, 0.15) is 28.8 Å². The second-order valence-electron chi connectivity index (χ2n) is 8.48. The molecule has 1 atom stereocenters. The molecule has 2 fully saturated rings. The zero-order chi connectivity index (χ0) is 21.6. The van der Waals surface area contributed by atoms with Gasteiger partial charge in [-0.2, -0.15) is 0 Å². The minimum atomic E-state index is 0.0158. The van der Waals surface area contributed by atoms with Crippen LogP contribution in [0.3, 0.4) is 0 Å². The summed E-state index contributed by atoms with van der Waals surface area (Å²) in [6, 6.07) is 17.7. The highest BCUT2D eigenvalue weighted by molar-refractivity contribution is 5.94. The van der Waals surface area contributed by atoms with E-state index in [-0.39, 0.29) is 11.8 Å². The number of carbonyl (C=O) groups is 2. The number of rotatable bonds is 6. The largest absolute Gasteiger partial charge is 0.497 e. The van der Waals surface area contributed by atoms with Crippen LogP contribution in [0.25, 0.3) is 0 Å². The van der Waals surface area contributed by atoms with E-state index in [0.717, 1.165) is 31.8 Å². The SMILES string of the molecule is COc1ccc(C(=O)N2CCN(C(=O)C[C@H]3CCN(Cc4ccccc4)C3)CC2)cc1. The van der Waals surface area contributed by atoms with E-state index in [1.165, 1.54) is 5.56 Å². The molecular weight excluding hydrogens is 390 g/mol. The van der Waals surface area contributed by atoms with Crippen molar-refractivity contribution < 1.29 is 14.3 Å². The predicted octanol–water partition coefficient (Wildman–Crippen LogP) is 2.89. The van der Waals surface area contributed by atoms with Gasteiger partial charge in [-0.05, 0) is 48.7 Å². The molecule has 0 saturated carbocycles. The Labute approximate surface area is 184 Å². The Morgan fingerprint density at radius 1 is 0.903 bits per heavy atom. The number of hydrogen-bond donors (Lipinski definition) is 0. The van der Waals surface area contributed by atoms with Gasteiger partial charge in [-0.1, -0.05) is 30.3 Å². The van der Waals surface area contributed by atoms with Gasteiger partial charge in [-0.25, -0.2) is 0 Å². The topological polar surface area (TPSA) is 53.1 Å². The first-order valence-electron chi connectivity index (χ1n) is 11.1. The van der Waals surface area contributed by atoms with Gasteiger partial charge in [0.1, 0.15) is 5.75 Å². The molecule has 164 valence electrons. The first-order chi connectivity index (χ1) is 15.1. The molecule has 2 amide bonds. The fourth-order valence-electron chi connectivity index (χ4n) is 4.52. The number of benzene rings is 2. The van der Waals surface area contributed by atoms with E-state index in [2.05, 4.69) is 29.2 Å². The molecule has 0 spiro atoms. The number of piperazine rings is 1. The Kier molecular flexibility index (Phi) is 6.87. The molecule has 2 aliphatic heterocycles. The smallest absolute Gasteiger partial charge is 0.253 e. The molecule has 0 aliphatic carbocycles. The second-order valence-corrected chi connectivity index (χ2v) is 8.48. The van der Waals surface area contributed by atoms with Gasteiger partial charge in [0.05, 0.1) is 7.11 Å². The van der Waals surface area contributed by atoms with Gasteiger partial charge in [-0.15, -0.1) is 0 Å². The van der Waals surface area contributed by atoms with Crippen LogP contribution in [0, 0.1) is 5.92 Å². The van der Waals surface area contributed by atoms with Crippen molar-refractivity contribution in [1.82, 2.24) is 14.7 Å². The average molecular weight is 422 g/mol. The minimum Gasteiger partial charge on any atom is -0.497 e. The molecule has 6 nitrogen and oxygen atoms in total. The molecule has 0 N–H and O–H groups in total. The van der Waals surface area contributed by atoms with Crippen molar-refractivity contribution in [2.24, 2.45) is 5.92 Å². The van der Waals surface area contributed by atoms with E-state index < -0.39 is 0 Å². The summed E-state index contributed by atoms with van der Waals surface area (Å²) >= 11 is 0. The van der Waals surface area contributed by atoms with Gasteiger partial charge in [0.25, 0.3) is 5.91 Å². The van der Waals surface area contributed by atoms with Crippen LogP contribution in [0.15, 0.2) is 54.6 Å². The lowest BCUT2D eigenvalue weighted by atomic mass is 10.0. The summed E-state index contributed by atoms with van der Waals surface area (Å²) in [4.78, 5) is 31.8. The molecule has 2 heterocycles. The summed E-state index contributed by atoms with van der Waals surface area (Å²) < 4.78 is 5.15. The number of nitrogens with zero attached hydrogens (tertiary/aromatic N) is 3. The van der Waals surface area contributed by atoms with Gasteiger partial charge in [0.2, 0.25) is 5.91 Å². The van der Waals surface area contributed by atoms with Gasteiger partial charge in [0, 0.05) is 51.3 Å². The third-order valence-corrected chi connectivity index (χ3v) is 6.34. The minimum absolute atomic E-state index is 0.0158. The van der Waals surface area contributed by atoms with Crippen LogP contribution >= 0.6 is 0 Å². The Bertz CT molecular complexity index is 877. The first-order valence-corrected chi connectivity index (χ1v) is 11.1. The predicted molar refractivity (Wildman–Crippen MR) is 120 cm³/mol. The Hall–Kier alpha value is -2.86. The van der Waals surface area contributed by atoms with Crippen molar-refractivity contribution in [2.45, 2.75) is 19.4 Å². The number of hydrogen-bond acceptors (Lipinski definition) is 4. The summed E-state index contributed by atoms with van der Waals surface area (Å²) in [5.74, 6) is 1.40. The molecule has 31 heavy (non-hydrogen) atoms. The van der Waals surface area contributed by atoms with Crippen LogP contribution in [-0.4, -0.2) is 72.9 Å². The number of ether oxygens (including phenoxy) is 1. The lowest BCUT2D eigenvalue weighted by Gasteiger charge is -2.35. The van der Waals surface area contributed by atoms with Crippen molar-refractivity contribution in [1.29, 1.82) is 0 Å². The average Bonchev–Trinajstić information content (AvgIpc) is 3.26. The van der Waals surface area contributed by atoms with Crippen LogP contribution in [0.5, 0.6) is 5.75 Å². The normalized spacial score (nSPS) is 19.5. The maximum absolute atomic E-state index is 12.8. The van der Waals surface area contributed by atoms with E-state index in [9.17, 15) is 9.59 Å². The van der Waals surface area contributed by atoms with Gasteiger partial charge in [0.15, 0.2) is 0 Å². The number of carbonyl (C=O) groups excluding carboxylic acids is 2. The molecule has 6 heteroatoms. The Morgan fingerprint density at radius 2 is 1.58 bits per heavy atom. The van der Waals surface area contributed by atoms with E-state index in [1.807, 2.05) is 15.9 Å². The van der Waals surface area contributed by atoms with E-state index >= 15 is 0 Å². The second kappa shape index (κ2) is 9.96. The molecule has 0 bridgehead atoms. The molecule has 0 unspecified atom stereocenters. The standard InChI is InChI=1S/C25H31N3O3/c1-31-23-9-7-22(8-10-23)25(30)28-15-13-27(14-16-28)24(29)17-21-11-12-26(19-21)18-20-5-3-2-4-6-20/h2-10,21H,11-19H2,1H3/t21-/m1/s1. The highest BCUT2D eigenvalue weighted by atomic mass is 16.5. The fourth-order valence-corrected chi connectivity index (χ4v) is 4.52. The lowest BCUT2D eigenvalue weighted by molar-refractivity contribution is -0.133. The molecule has 0 aromatic heterocycles.